The highest BCUT2D eigenvalue weighted by Gasteiger charge is 2.29. The van der Waals surface area contributed by atoms with Crippen LogP contribution >= 0.6 is 0 Å². The number of hydrogen-bond donors (Lipinski definition) is 1. The van der Waals surface area contributed by atoms with Crippen molar-refractivity contribution in [1.82, 2.24) is 0 Å². The van der Waals surface area contributed by atoms with Crippen LogP contribution < -0.4 is 14.8 Å². The lowest BCUT2D eigenvalue weighted by molar-refractivity contribution is -0.153. The molecule has 0 fully saturated rings. The Morgan fingerprint density at radius 2 is 1.92 bits per heavy atom. The van der Waals surface area contributed by atoms with Gasteiger partial charge in [0.25, 0.3) is 0 Å². The molecule has 24 heavy (non-hydrogen) atoms. The number of rotatable bonds is 4. The van der Waals surface area contributed by atoms with E-state index >= 15 is 0 Å². The Labute approximate surface area is 136 Å². The van der Waals surface area contributed by atoms with Crippen LogP contribution in [0.1, 0.15) is 5.56 Å². The second-order valence-electron chi connectivity index (χ2n) is 5.33. The Balaban J connectivity index is 2.03. The summed E-state index contributed by atoms with van der Waals surface area (Å²) in [5.74, 6) is 0.353. The molecule has 0 aromatic heterocycles. The van der Waals surface area contributed by atoms with Gasteiger partial charge in [0.1, 0.15) is 11.5 Å². The molecule has 0 atom stereocenters. The molecular weight excluding hydrogens is 323 g/mol. The fourth-order valence-corrected chi connectivity index (χ4v) is 2.63. The lowest BCUT2D eigenvalue weighted by Crippen LogP contribution is -2.19. The standard InChI is InChI=1S/C17H14F3NO3/c1-23-13-3-2-4-14(24-9-17(18,19)20)16(13)10-5-6-12-11(7-10)8-15(22)21-12/h2-7H,8-9H2,1H3,(H,21,22). The van der Waals surface area contributed by atoms with Gasteiger partial charge in [-0.2, -0.15) is 13.2 Å². The molecule has 0 bridgehead atoms. The number of anilines is 1. The van der Waals surface area contributed by atoms with Crippen LogP contribution in [-0.2, 0) is 11.2 Å². The van der Waals surface area contributed by atoms with Crippen molar-refractivity contribution >= 4 is 11.6 Å². The van der Waals surface area contributed by atoms with Gasteiger partial charge in [-0.05, 0) is 35.4 Å². The van der Waals surface area contributed by atoms with E-state index in [1.54, 1.807) is 30.3 Å². The second-order valence-corrected chi connectivity index (χ2v) is 5.33. The molecule has 1 amide bonds. The van der Waals surface area contributed by atoms with E-state index in [4.69, 9.17) is 9.47 Å². The summed E-state index contributed by atoms with van der Waals surface area (Å²) in [5.41, 5.74) is 2.54. The largest absolute Gasteiger partial charge is 0.496 e. The third kappa shape index (κ3) is 3.29. The molecule has 2 aromatic rings. The Hall–Kier alpha value is -2.70. The minimum Gasteiger partial charge on any atom is -0.496 e. The minimum absolute atomic E-state index is 0.0731. The zero-order valence-corrected chi connectivity index (χ0v) is 12.7. The summed E-state index contributed by atoms with van der Waals surface area (Å²) >= 11 is 0. The van der Waals surface area contributed by atoms with Crippen LogP contribution in [0.4, 0.5) is 18.9 Å². The van der Waals surface area contributed by atoms with Crippen molar-refractivity contribution in [2.45, 2.75) is 12.6 Å². The van der Waals surface area contributed by atoms with Gasteiger partial charge in [-0.3, -0.25) is 4.79 Å². The highest BCUT2D eigenvalue weighted by Crippen LogP contribution is 2.40. The molecule has 2 aromatic carbocycles. The Morgan fingerprint density at radius 1 is 1.17 bits per heavy atom. The zero-order chi connectivity index (χ0) is 17.3. The highest BCUT2D eigenvalue weighted by molar-refractivity contribution is 6.00. The van der Waals surface area contributed by atoms with E-state index in [2.05, 4.69) is 5.32 Å². The maximum atomic E-state index is 12.5. The molecular formula is C17H14F3NO3. The van der Waals surface area contributed by atoms with Gasteiger partial charge in [0.05, 0.1) is 19.1 Å². The molecule has 4 nitrogen and oxygen atoms in total. The molecule has 0 saturated heterocycles. The number of carbonyl (C=O) groups is 1. The molecule has 1 aliphatic rings. The number of hydrogen-bond acceptors (Lipinski definition) is 3. The van der Waals surface area contributed by atoms with Crippen LogP contribution in [0.25, 0.3) is 11.1 Å². The first kappa shape index (κ1) is 16.2. The third-order valence-electron chi connectivity index (χ3n) is 3.62. The van der Waals surface area contributed by atoms with Gasteiger partial charge in [-0.1, -0.05) is 12.1 Å². The van der Waals surface area contributed by atoms with Crippen LogP contribution in [0.15, 0.2) is 36.4 Å². The molecule has 0 unspecified atom stereocenters. The summed E-state index contributed by atoms with van der Waals surface area (Å²) in [4.78, 5) is 11.5. The quantitative estimate of drug-likeness (QED) is 0.923. The van der Waals surface area contributed by atoms with Crippen LogP contribution in [0.5, 0.6) is 11.5 Å². The maximum Gasteiger partial charge on any atom is 0.422 e. The van der Waals surface area contributed by atoms with Gasteiger partial charge in [0.2, 0.25) is 5.91 Å². The predicted octanol–water partition coefficient (Wildman–Crippen LogP) is 3.80. The normalized spacial score (nSPS) is 13.4. The SMILES string of the molecule is COc1cccc(OCC(F)(F)F)c1-c1ccc2c(c1)CC(=O)N2. The summed E-state index contributed by atoms with van der Waals surface area (Å²) in [6.45, 7) is -1.39. The number of nitrogens with one attached hydrogen (secondary N) is 1. The summed E-state index contributed by atoms with van der Waals surface area (Å²) in [6.07, 6.45) is -4.20. The average molecular weight is 337 g/mol. The lowest BCUT2D eigenvalue weighted by atomic mass is 10.00. The van der Waals surface area contributed by atoms with Gasteiger partial charge in [0.15, 0.2) is 6.61 Å². The maximum absolute atomic E-state index is 12.5. The fraction of sp³-hybridized carbons (Fsp3) is 0.235. The van der Waals surface area contributed by atoms with Crippen molar-refractivity contribution in [3.63, 3.8) is 0 Å². The van der Waals surface area contributed by atoms with Crippen molar-refractivity contribution in [3.8, 4) is 22.6 Å². The zero-order valence-electron chi connectivity index (χ0n) is 12.7. The number of benzene rings is 2. The monoisotopic (exact) mass is 337 g/mol. The number of fused-ring (bicyclic) bond motifs is 1. The van der Waals surface area contributed by atoms with Crippen molar-refractivity contribution < 1.29 is 27.4 Å². The summed E-state index contributed by atoms with van der Waals surface area (Å²) in [6, 6.07) is 9.85. The van der Waals surface area contributed by atoms with E-state index in [1.807, 2.05) is 0 Å². The van der Waals surface area contributed by atoms with E-state index in [0.717, 1.165) is 5.56 Å². The third-order valence-corrected chi connectivity index (χ3v) is 3.62. The topological polar surface area (TPSA) is 47.6 Å². The van der Waals surface area contributed by atoms with Crippen molar-refractivity contribution in [2.75, 3.05) is 19.0 Å². The number of methoxy groups -OCH3 is 1. The summed E-state index contributed by atoms with van der Waals surface area (Å²) in [7, 11) is 1.44. The van der Waals surface area contributed by atoms with E-state index < -0.39 is 12.8 Å². The molecule has 1 heterocycles. The highest BCUT2D eigenvalue weighted by atomic mass is 19.4. The molecule has 0 aliphatic carbocycles. The smallest absolute Gasteiger partial charge is 0.422 e. The number of carbonyl (C=O) groups excluding carboxylic acids is 1. The van der Waals surface area contributed by atoms with E-state index in [0.29, 0.717) is 22.6 Å². The van der Waals surface area contributed by atoms with E-state index in [-0.39, 0.29) is 18.1 Å². The molecule has 126 valence electrons. The van der Waals surface area contributed by atoms with Crippen LogP contribution in [0.2, 0.25) is 0 Å². The van der Waals surface area contributed by atoms with Gasteiger partial charge in [-0.25, -0.2) is 0 Å². The van der Waals surface area contributed by atoms with Gasteiger partial charge in [0, 0.05) is 5.69 Å². The van der Waals surface area contributed by atoms with Crippen LogP contribution in [-0.4, -0.2) is 25.8 Å². The molecule has 0 radical (unpaired) electrons. The van der Waals surface area contributed by atoms with Gasteiger partial charge >= 0.3 is 6.18 Å². The number of ether oxygens (including phenoxy) is 2. The lowest BCUT2D eigenvalue weighted by Gasteiger charge is -2.16. The second kappa shape index (κ2) is 6.07. The molecule has 7 heteroatoms. The van der Waals surface area contributed by atoms with Crippen LogP contribution in [0, 0.1) is 0 Å². The number of amides is 1. The first-order valence-corrected chi connectivity index (χ1v) is 7.17. The molecule has 3 rings (SSSR count). The molecule has 0 saturated carbocycles. The molecule has 0 spiro atoms. The average Bonchev–Trinajstić information content (AvgIpc) is 2.90. The summed E-state index contributed by atoms with van der Waals surface area (Å²) in [5, 5.41) is 2.71. The van der Waals surface area contributed by atoms with E-state index in [9.17, 15) is 18.0 Å². The Bertz CT molecular complexity index is 787. The predicted molar refractivity (Wildman–Crippen MR) is 82.3 cm³/mol. The van der Waals surface area contributed by atoms with Crippen molar-refractivity contribution in [2.24, 2.45) is 0 Å². The van der Waals surface area contributed by atoms with Crippen molar-refractivity contribution in [3.05, 3.63) is 42.0 Å². The fourth-order valence-electron chi connectivity index (χ4n) is 2.63. The summed E-state index contributed by atoms with van der Waals surface area (Å²) < 4.78 is 47.7. The Kier molecular flexibility index (Phi) is 4.09. The van der Waals surface area contributed by atoms with Crippen LogP contribution in [0.3, 0.4) is 0 Å². The van der Waals surface area contributed by atoms with Crippen molar-refractivity contribution in [1.29, 1.82) is 0 Å². The molecule has 1 N–H and O–H groups in total. The Morgan fingerprint density at radius 3 is 2.62 bits per heavy atom. The number of halogens is 3. The first-order valence-electron chi connectivity index (χ1n) is 7.17. The number of alkyl halides is 3. The van der Waals surface area contributed by atoms with Gasteiger partial charge in [-0.15, -0.1) is 0 Å². The first-order chi connectivity index (χ1) is 11.4. The van der Waals surface area contributed by atoms with E-state index in [1.165, 1.54) is 13.2 Å². The van der Waals surface area contributed by atoms with Gasteiger partial charge < -0.3 is 14.8 Å². The molecule has 1 aliphatic heterocycles. The minimum atomic E-state index is -4.44.